The van der Waals surface area contributed by atoms with Crippen molar-refractivity contribution in [3.8, 4) is 11.5 Å². The number of hydrogen-bond acceptors (Lipinski definition) is 3. The van der Waals surface area contributed by atoms with Gasteiger partial charge in [-0.2, -0.15) is 0 Å². The van der Waals surface area contributed by atoms with E-state index in [1.54, 1.807) is 24.3 Å². The molecule has 0 atom stereocenters. The topological polar surface area (TPSA) is 41.5 Å². The molecule has 3 nitrogen and oxygen atoms in total. The molecule has 2 aromatic rings. The van der Waals surface area contributed by atoms with E-state index < -0.39 is 0 Å². The van der Waals surface area contributed by atoms with Crippen molar-refractivity contribution in [2.75, 3.05) is 11.9 Å². The van der Waals surface area contributed by atoms with E-state index in [1.807, 2.05) is 6.07 Å². The summed E-state index contributed by atoms with van der Waals surface area (Å²) in [5.41, 5.74) is 3.81. The van der Waals surface area contributed by atoms with E-state index >= 15 is 0 Å². The molecule has 0 radical (unpaired) electrons. The van der Waals surface area contributed by atoms with Gasteiger partial charge in [-0.25, -0.2) is 0 Å². The molecule has 0 aromatic heterocycles. The standard InChI is InChI=1S/C15H15NO2/c17-12-4-6-13(7-5-12)18-10-11-2-1-3-15-14(11)8-9-16-15/h1-7,16-17H,8-10H2. The molecule has 18 heavy (non-hydrogen) atoms. The van der Waals surface area contributed by atoms with E-state index in [4.69, 9.17) is 4.74 Å². The Labute approximate surface area is 106 Å². The second-order valence-electron chi connectivity index (χ2n) is 4.40. The van der Waals surface area contributed by atoms with Crippen LogP contribution in [-0.4, -0.2) is 11.7 Å². The maximum absolute atomic E-state index is 9.20. The number of hydrogen-bond donors (Lipinski definition) is 2. The van der Waals surface area contributed by atoms with Crippen LogP contribution in [0.4, 0.5) is 5.69 Å². The van der Waals surface area contributed by atoms with E-state index in [2.05, 4.69) is 17.4 Å². The molecule has 0 aliphatic carbocycles. The van der Waals surface area contributed by atoms with Crippen molar-refractivity contribution in [3.63, 3.8) is 0 Å². The smallest absolute Gasteiger partial charge is 0.120 e. The second kappa shape index (κ2) is 4.61. The molecular formula is C15H15NO2. The summed E-state index contributed by atoms with van der Waals surface area (Å²) >= 11 is 0. The molecule has 0 saturated carbocycles. The quantitative estimate of drug-likeness (QED) is 0.868. The van der Waals surface area contributed by atoms with Gasteiger partial charge < -0.3 is 15.2 Å². The van der Waals surface area contributed by atoms with Crippen LogP contribution in [0.2, 0.25) is 0 Å². The summed E-state index contributed by atoms with van der Waals surface area (Å²) in [6, 6.07) is 13.1. The molecule has 3 heteroatoms. The number of rotatable bonds is 3. The fourth-order valence-electron chi connectivity index (χ4n) is 2.26. The van der Waals surface area contributed by atoms with Crippen molar-refractivity contribution in [2.24, 2.45) is 0 Å². The molecule has 0 amide bonds. The van der Waals surface area contributed by atoms with E-state index in [-0.39, 0.29) is 5.75 Å². The number of benzene rings is 2. The summed E-state index contributed by atoms with van der Waals surface area (Å²) in [4.78, 5) is 0. The van der Waals surface area contributed by atoms with Crippen molar-refractivity contribution < 1.29 is 9.84 Å². The minimum absolute atomic E-state index is 0.257. The van der Waals surface area contributed by atoms with Gasteiger partial charge in [0.05, 0.1) is 0 Å². The van der Waals surface area contributed by atoms with Crippen LogP contribution < -0.4 is 10.1 Å². The van der Waals surface area contributed by atoms with E-state index in [0.29, 0.717) is 6.61 Å². The third-order valence-electron chi connectivity index (χ3n) is 3.19. The molecule has 0 unspecified atom stereocenters. The zero-order valence-electron chi connectivity index (χ0n) is 10.0. The highest BCUT2D eigenvalue weighted by Gasteiger charge is 2.13. The number of anilines is 1. The first-order valence-corrected chi connectivity index (χ1v) is 6.09. The zero-order chi connectivity index (χ0) is 12.4. The second-order valence-corrected chi connectivity index (χ2v) is 4.40. The van der Waals surface area contributed by atoms with E-state index in [0.717, 1.165) is 18.7 Å². The number of nitrogens with one attached hydrogen (secondary N) is 1. The molecule has 1 aliphatic rings. The number of aromatic hydroxyl groups is 1. The van der Waals surface area contributed by atoms with E-state index in [1.165, 1.54) is 16.8 Å². The van der Waals surface area contributed by atoms with Crippen LogP contribution in [0.25, 0.3) is 0 Å². The summed E-state index contributed by atoms with van der Waals surface area (Å²) in [5.74, 6) is 1.03. The van der Waals surface area contributed by atoms with Crippen LogP contribution >= 0.6 is 0 Å². The van der Waals surface area contributed by atoms with Gasteiger partial charge in [0.15, 0.2) is 0 Å². The molecule has 0 fully saturated rings. The Balaban J connectivity index is 1.74. The van der Waals surface area contributed by atoms with Gasteiger partial charge in [0.2, 0.25) is 0 Å². The minimum atomic E-state index is 0.257. The van der Waals surface area contributed by atoms with Gasteiger partial charge in [-0.3, -0.25) is 0 Å². The first-order valence-electron chi connectivity index (χ1n) is 6.09. The fraction of sp³-hybridized carbons (Fsp3) is 0.200. The van der Waals surface area contributed by atoms with Gasteiger partial charge in [0, 0.05) is 12.2 Å². The van der Waals surface area contributed by atoms with Gasteiger partial charge >= 0.3 is 0 Å². The van der Waals surface area contributed by atoms with Crippen molar-refractivity contribution in [1.29, 1.82) is 0 Å². The lowest BCUT2D eigenvalue weighted by Gasteiger charge is -2.10. The molecule has 0 bridgehead atoms. The van der Waals surface area contributed by atoms with Crippen LogP contribution in [0.15, 0.2) is 42.5 Å². The molecule has 3 rings (SSSR count). The molecule has 1 aliphatic heterocycles. The Morgan fingerprint density at radius 3 is 2.78 bits per heavy atom. The van der Waals surface area contributed by atoms with Gasteiger partial charge in [-0.1, -0.05) is 12.1 Å². The van der Waals surface area contributed by atoms with Crippen molar-refractivity contribution >= 4 is 5.69 Å². The normalized spacial score (nSPS) is 12.9. The molecule has 0 saturated heterocycles. The maximum atomic E-state index is 9.20. The monoisotopic (exact) mass is 241 g/mol. The Morgan fingerprint density at radius 2 is 1.94 bits per heavy atom. The number of fused-ring (bicyclic) bond motifs is 1. The minimum Gasteiger partial charge on any atom is -0.508 e. The van der Waals surface area contributed by atoms with Gasteiger partial charge in [-0.05, 0) is 47.9 Å². The van der Waals surface area contributed by atoms with Crippen LogP contribution in [0.5, 0.6) is 11.5 Å². The molecular weight excluding hydrogens is 226 g/mol. The van der Waals surface area contributed by atoms with Crippen LogP contribution in [0, 0.1) is 0 Å². The van der Waals surface area contributed by atoms with Crippen LogP contribution in [0.3, 0.4) is 0 Å². The third-order valence-corrected chi connectivity index (χ3v) is 3.19. The average molecular weight is 241 g/mol. The summed E-state index contributed by atoms with van der Waals surface area (Å²) < 4.78 is 5.73. The highest BCUT2D eigenvalue weighted by atomic mass is 16.5. The average Bonchev–Trinajstić information content (AvgIpc) is 2.87. The Hall–Kier alpha value is -2.16. The lowest BCUT2D eigenvalue weighted by Crippen LogP contribution is -1.98. The predicted octanol–water partition coefficient (Wildman–Crippen LogP) is 2.94. The summed E-state index contributed by atoms with van der Waals surface area (Å²) in [6.07, 6.45) is 1.06. The fourth-order valence-corrected chi connectivity index (χ4v) is 2.26. The maximum Gasteiger partial charge on any atom is 0.120 e. The number of phenolic OH excluding ortho intramolecular Hbond substituents is 1. The molecule has 2 aromatic carbocycles. The predicted molar refractivity (Wildman–Crippen MR) is 71.1 cm³/mol. The first kappa shape index (κ1) is 11.0. The largest absolute Gasteiger partial charge is 0.508 e. The summed E-state index contributed by atoms with van der Waals surface area (Å²) in [5, 5.41) is 12.6. The van der Waals surface area contributed by atoms with Gasteiger partial charge in [-0.15, -0.1) is 0 Å². The number of phenols is 1. The summed E-state index contributed by atoms with van der Waals surface area (Å²) in [6.45, 7) is 1.57. The molecule has 1 heterocycles. The van der Waals surface area contributed by atoms with Crippen molar-refractivity contribution in [1.82, 2.24) is 0 Å². The highest BCUT2D eigenvalue weighted by molar-refractivity contribution is 5.58. The molecule has 2 N–H and O–H groups in total. The zero-order valence-corrected chi connectivity index (χ0v) is 10.0. The van der Waals surface area contributed by atoms with Crippen LogP contribution in [0.1, 0.15) is 11.1 Å². The van der Waals surface area contributed by atoms with Crippen LogP contribution in [-0.2, 0) is 13.0 Å². The highest BCUT2D eigenvalue weighted by Crippen LogP contribution is 2.26. The Bertz CT molecular complexity index is 549. The summed E-state index contributed by atoms with van der Waals surface area (Å²) in [7, 11) is 0. The lowest BCUT2D eigenvalue weighted by molar-refractivity contribution is 0.304. The lowest BCUT2D eigenvalue weighted by atomic mass is 10.1. The van der Waals surface area contributed by atoms with Gasteiger partial charge in [0.1, 0.15) is 18.1 Å². The van der Waals surface area contributed by atoms with Gasteiger partial charge in [0.25, 0.3) is 0 Å². The Kier molecular flexibility index (Phi) is 2.81. The Morgan fingerprint density at radius 1 is 1.11 bits per heavy atom. The number of ether oxygens (including phenoxy) is 1. The third kappa shape index (κ3) is 2.12. The SMILES string of the molecule is Oc1ccc(OCc2cccc3c2CCN3)cc1. The van der Waals surface area contributed by atoms with Crippen molar-refractivity contribution in [3.05, 3.63) is 53.6 Å². The van der Waals surface area contributed by atoms with Crippen molar-refractivity contribution in [2.45, 2.75) is 13.0 Å². The van der Waals surface area contributed by atoms with E-state index in [9.17, 15) is 5.11 Å². The molecule has 92 valence electrons. The molecule has 0 spiro atoms. The first-order chi connectivity index (χ1) is 8.83.